The summed E-state index contributed by atoms with van der Waals surface area (Å²) in [6.07, 6.45) is 2.19. The van der Waals surface area contributed by atoms with E-state index in [1.807, 2.05) is 48.0 Å². The van der Waals surface area contributed by atoms with Crippen molar-refractivity contribution in [3.8, 4) is 5.69 Å². The molecule has 0 saturated heterocycles. The van der Waals surface area contributed by atoms with Crippen LogP contribution >= 0.6 is 0 Å². The summed E-state index contributed by atoms with van der Waals surface area (Å²) in [4.78, 5) is 12.4. The van der Waals surface area contributed by atoms with Gasteiger partial charge >= 0.3 is 0 Å². The smallest absolute Gasteiger partial charge is 0.220 e. The predicted molar refractivity (Wildman–Crippen MR) is 114 cm³/mol. The van der Waals surface area contributed by atoms with Crippen LogP contribution in [0.25, 0.3) is 5.69 Å². The molecule has 0 radical (unpaired) electrons. The number of nitrogens with zero attached hydrogens (tertiary/aromatic N) is 2. The van der Waals surface area contributed by atoms with E-state index in [0.717, 1.165) is 29.1 Å². The molecular weight excluding hydrogens is 346 g/mol. The molecule has 0 spiro atoms. The summed E-state index contributed by atoms with van der Waals surface area (Å²) in [7, 11) is 0. The van der Waals surface area contributed by atoms with Crippen LogP contribution in [0.4, 0.5) is 0 Å². The van der Waals surface area contributed by atoms with Crippen LogP contribution in [0.2, 0.25) is 0 Å². The molecule has 4 heteroatoms. The summed E-state index contributed by atoms with van der Waals surface area (Å²) in [5.74, 6) is 0.454. The summed E-state index contributed by atoms with van der Waals surface area (Å²) in [5, 5.41) is 7.78. The van der Waals surface area contributed by atoms with Crippen molar-refractivity contribution in [3.63, 3.8) is 0 Å². The van der Waals surface area contributed by atoms with Crippen LogP contribution in [0.15, 0.2) is 60.7 Å². The van der Waals surface area contributed by atoms with E-state index in [-0.39, 0.29) is 5.91 Å². The lowest BCUT2D eigenvalue weighted by Gasteiger charge is -2.16. The molecule has 0 aliphatic heterocycles. The molecule has 3 aromatic rings. The van der Waals surface area contributed by atoms with Gasteiger partial charge in [0.15, 0.2) is 0 Å². The van der Waals surface area contributed by atoms with Gasteiger partial charge in [-0.3, -0.25) is 4.79 Å². The van der Waals surface area contributed by atoms with Gasteiger partial charge in [-0.1, -0.05) is 55.5 Å². The molecule has 2 aromatic carbocycles. The highest BCUT2D eigenvalue weighted by Gasteiger charge is 2.15. The van der Waals surface area contributed by atoms with Gasteiger partial charge in [-0.25, -0.2) is 4.68 Å². The minimum Gasteiger partial charge on any atom is -0.355 e. The molecule has 1 amide bonds. The number of hydrogen-bond donors (Lipinski definition) is 1. The summed E-state index contributed by atoms with van der Waals surface area (Å²) < 4.78 is 1.96. The number of carbonyl (C=O) groups is 1. The fourth-order valence-electron chi connectivity index (χ4n) is 3.64. The second-order valence-electron chi connectivity index (χ2n) is 7.22. The van der Waals surface area contributed by atoms with Crippen molar-refractivity contribution >= 4 is 5.91 Å². The first-order valence-electron chi connectivity index (χ1n) is 10.0. The van der Waals surface area contributed by atoms with E-state index < -0.39 is 0 Å². The maximum absolute atomic E-state index is 12.4. The molecule has 0 saturated carbocycles. The van der Waals surface area contributed by atoms with Crippen molar-refractivity contribution in [2.75, 3.05) is 6.54 Å². The van der Waals surface area contributed by atoms with Gasteiger partial charge in [0.05, 0.1) is 11.4 Å². The Labute approximate surface area is 167 Å². The van der Waals surface area contributed by atoms with Gasteiger partial charge in [-0.15, -0.1) is 0 Å². The number of hydrogen-bond acceptors (Lipinski definition) is 2. The van der Waals surface area contributed by atoms with E-state index in [9.17, 15) is 4.79 Å². The number of carbonyl (C=O) groups excluding carboxylic acids is 1. The van der Waals surface area contributed by atoms with Crippen LogP contribution in [-0.4, -0.2) is 22.2 Å². The van der Waals surface area contributed by atoms with E-state index in [4.69, 9.17) is 0 Å². The van der Waals surface area contributed by atoms with Gasteiger partial charge in [0, 0.05) is 24.6 Å². The zero-order valence-corrected chi connectivity index (χ0v) is 17.0. The third-order valence-corrected chi connectivity index (χ3v) is 5.35. The van der Waals surface area contributed by atoms with Crippen LogP contribution in [0, 0.1) is 13.8 Å². The first kappa shape index (κ1) is 19.9. The predicted octanol–water partition coefficient (Wildman–Crippen LogP) is 4.73. The Balaban J connectivity index is 1.58. The second-order valence-corrected chi connectivity index (χ2v) is 7.22. The summed E-state index contributed by atoms with van der Waals surface area (Å²) in [6.45, 7) is 6.93. The molecule has 1 unspecified atom stereocenters. The lowest BCUT2D eigenvalue weighted by molar-refractivity contribution is -0.121. The number of aryl methyl sites for hydroxylation is 1. The lowest BCUT2D eigenvalue weighted by atomic mass is 9.96. The van der Waals surface area contributed by atoms with Crippen molar-refractivity contribution in [3.05, 3.63) is 83.2 Å². The molecule has 0 aliphatic rings. The van der Waals surface area contributed by atoms with Gasteiger partial charge in [0.2, 0.25) is 5.91 Å². The molecule has 1 N–H and O–H groups in total. The SMILES string of the molecule is CCC(CNC(=O)CCc1c(C)nn(-c2ccccc2)c1C)c1ccccc1. The van der Waals surface area contributed by atoms with Crippen molar-refractivity contribution in [2.24, 2.45) is 0 Å². The molecule has 28 heavy (non-hydrogen) atoms. The first-order chi connectivity index (χ1) is 13.6. The molecule has 1 atom stereocenters. The number of nitrogens with one attached hydrogen (secondary N) is 1. The highest BCUT2D eigenvalue weighted by atomic mass is 16.1. The van der Waals surface area contributed by atoms with Gasteiger partial charge in [-0.05, 0) is 49.9 Å². The van der Waals surface area contributed by atoms with Gasteiger partial charge in [-0.2, -0.15) is 5.10 Å². The average Bonchev–Trinajstić information content (AvgIpc) is 3.02. The van der Waals surface area contributed by atoms with Crippen molar-refractivity contribution in [2.45, 2.75) is 46.0 Å². The third-order valence-electron chi connectivity index (χ3n) is 5.35. The zero-order valence-electron chi connectivity index (χ0n) is 17.0. The zero-order chi connectivity index (χ0) is 19.9. The van der Waals surface area contributed by atoms with Crippen LogP contribution in [0.1, 0.15) is 48.2 Å². The summed E-state index contributed by atoms with van der Waals surface area (Å²) >= 11 is 0. The Morgan fingerprint density at radius 3 is 2.32 bits per heavy atom. The van der Waals surface area contributed by atoms with E-state index in [0.29, 0.717) is 25.3 Å². The Kier molecular flexibility index (Phi) is 6.64. The highest BCUT2D eigenvalue weighted by molar-refractivity contribution is 5.76. The minimum atomic E-state index is 0.0978. The third kappa shape index (κ3) is 4.69. The van der Waals surface area contributed by atoms with Crippen LogP contribution < -0.4 is 5.32 Å². The monoisotopic (exact) mass is 375 g/mol. The fraction of sp³-hybridized carbons (Fsp3) is 0.333. The van der Waals surface area contributed by atoms with E-state index in [2.05, 4.69) is 48.5 Å². The lowest BCUT2D eigenvalue weighted by Crippen LogP contribution is -2.28. The number of amides is 1. The Bertz CT molecular complexity index is 900. The number of benzene rings is 2. The van der Waals surface area contributed by atoms with Crippen molar-refractivity contribution < 1.29 is 4.79 Å². The Morgan fingerprint density at radius 2 is 1.68 bits per heavy atom. The molecule has 4 nitrogen and oxygen atoms in total. The number of para-hydroxylation sites is 1. The standard InChI is InChI=1S/C24H29N3O/c1-4-20(21-11-7-5-8-12-21)17-25-24(28)16-15-23-18(2)26-27(19(23)3)22-13-9-6-10-14-22/h5-14,20H,4,15-17H2,1-3H3,(H,25,28). The summed E-state index contributed by atoms with van der Waals surface area (Å²) in [6, 6.07) is 20.5. The normalized spacial score (nSPS) is 12.0. The largest absolute Gasteiger partial charge is 0.355 e. The Morgan fingerprint density at radius 1 is 1.04 bits per heavy atom. The molecule has 0 bridgehead atoms. The number of rotatable bonds is 8. The van der Waals surface area contributed by atoms with E-state index in [1.165, 1.54) is 5.56 Å². The van der Waals surface area contributed by atoms with Crippen LogP contribution in [0.5, 0.6) is 0 Å². The number of aromatic nitrogens is 2. The molecular formula is C24H29N3O. The topological polar surface area (TPSA) is 46.9 Å². The van der Waals surface area contributed by atoms with Crippen molar-refractivity contribution in [1.29, 1.82) is 0 Å². The summed E-state index contributed by atoms with van der Waals surface area (Å²) in [5.41, 5.74) is 5.58. The van der Waals surface area contributed by atoms with E-state index >= 15 is 0 Å². The molecule has 0 aliphatic carbocycles. The van der Waals surface area contributed by atoms with Crippen LogP contribution in [0.3, 0.4) is 0 Å². The highest BCUT2D eigenvalue weighted by Crippen LogP contribution is 2.20. The maximum Gasteiger partial charge on any atom is 0.220 e. The van der Waals surface area contributed by atoms with Gasteiger partial charge in [0.25, 0.3) is 0 Å². The van der Waals surface area contributed by atoms with Gasteiger partial charge in [0.1, 0.15) is 0 Å². The first-order valence-corrected chi connectivity index (χ1v) is 10.0. The molecule has 1 aromatic heterocycles. The van der Waals surface area contributed by atoms with E-state index in [1.54, 1.807) is 0 Å². The molecule has 146 valence electrons. The molecule has 1 heterocycles. The average molecular weight is 376 g/mol. The minimum absolute atomic E-state index is 0.0978. The quantitative estimate of drug-likeness (QED) is 0.619. The van der Waals surface area contributed by atoms with Gasteiger partial charge < -0.3 is 5.32 Å². The van der Waals surface area contributed by atoms with Crippen LogP contribution in [-0.2, 0) is 11.2 Å². The maximum atomic E-state index is 12.4. The van der Waals surface area contributed by atoms with Crippen molar-refractivity contribution in [1.82, 2.24) is 15.1 Å². The second kappa shape index (κ2) is 9.36. The molecule has 0 fully saturated rings. The Hall–Kier alpha value is -2.88. The fourth-order valence-corrected chi connectivity index (χ4v) is 3.64. The molecule has 3 rings (SSSR count).